The summed E-state index contributed by atoms with van der Waals surface area (Å²) in [4.78, 5) is 12.8. The van der Waals surface area contributed by atoms with Gasteiger partial charge < -0.3 is 10.4 Å². The van der Waals surface area contributed by atoms with Gasteiger partial charge in [0.15, 0.2) is 5.65 Å². The molecule has 0 aromatic carbocycles. The van der Waals surface area contributed by atoms with E-state index in [0.717, 1.165) is 17.1 Å². The van der Waals surface area contributed by atoms with Crippen LogP contribution in [0.2, 0.25) is 0 Å². The Hall–Kier alpha value is -4.34. The van der Waals surface area contributed by atoms with E-state index in [9.17, 15) is 5.11 Å². The van der Waals surface area contributed by atoms with Gasteiger partial charge in [0.25, 0.3) is 0 Å². The van der Waals surface area contributed by atoms with Gasteiger partial charge in [-0.2, -0.15) is 5.10 Å². The summed E-state index contributed by atoms with van der Waals surface area (Å²) in [5.41, 5.74) is 3.02. The average Bonchev–Trinajstić information content (AvgIpc) is 3.35. The lowest BCUT2D eigenvalue weighted by Gasteiger charge is -2.07. The number of nitrogens with zero attached hydrogens (tertiary/aromatic N) is 8. The fourth-order valence-corrected chi connectivity index (χ4v) is 3.15. The van der Waals surface area contributed by atoms with Gasteiger partial charge in [-0.15, -0.1) is 10.2 Å². The quantitative estimate of drug-likeness (QED) is 0.462. The van der Waals surface area contributed by atoms with E-state index in [1.54, 1.807) is 29.3 Å². The Labute approximate surface area is 170 Å². The van der Waals surface area contributed by atoms with Crippen LogP contribution in [0.5, 0.6) is 5.88 Å². The Balaban J connectivity index is 1.44. The Morgan fingerprint density at radius 2 is 1.97 bits per heavy atom. The molecule has 0 atom stereocenters. The highest BCUT2D eigenvalue weighted by Crippen LogP contribution is 2.22. The molecule has 30 heavy (non-hydrogen) atoms. The SMILES string of the molecule is Cn1nccc1Nc1nccc(-c2ccn3c(Cc4cccnc4O)nnc3c2)n1. The van der Waals surface area contributed by atoms with Crippen molar-refractivity contribution in [3.63, 3.8) is 0 Å². The average molecular weight is 399 g/mol. The lowest BCUT2D eigenvalue weighted by atomic mass is 10.2. The normalized spacial score (nSPS) is 11.1. The van der Waals surface area contributed by atoms with Crippen molar-refractivity contribution >= 4 is 17.4 Å². The van der Waals surface area contributed by atoms with E-state index in [1.807, 2.05) is 48.0 Å². The van der Waals surface area contributed by atoms with Gasteiger partial charge in [-0.25, -0.2) is 15.0 Å². The topological polar surface area (TPSA) is 119 Å². The van der Waals surface area contributed by atoms with E-state index in [4.69, 9.17) is 0 Å². The van der Waals surface area contributed by atoms with E-state index in [2.05, 4.69) is 35.6 Å². The minimum absolute atomic E-state index is 0.000285. The number of pyridine rings is 2. The molecule has 5 aromatic rings. The third kappa shape index (κ3) is 3.30. The molecular weight excluding hydrogens is 382 g/mol. The first-order valence-electron chi connectivity index (χ1n) is 9.22. The Morgan fingerprint density at radius 1 is 1.03 bits per heavy atom. The van der Waals surface area contributed by atoms with Crippen molar-refractivity contribution in [1.82, 2.24) is 39.3 Å². The van der Waals surface area contributed by atoms with Crippen LogP contribution in [0, 0.1) is 0 Å². The third-order valence-corrected chi connectivity index (χ3v) is 4.71. The van der Waals surface area contributed by atoms with Gasteiger partial charge in [0.2, 0.25) is 11.8 Å². The van der Waals surface area contributed by atoms with Crippen LogP contribution in [0.4, 0.5) is 11.8 Å². The van der Waals surface area contributed by atoms with E-state index >= 15 is 0 Å². The predicted molar refractivity (Wildman–Crippen MR) is 109 cm³/mol. The van der Waals surface area contributed by atoms with Crippen LogP contribution in [0.15, 0.2) is 61.2 Å². The van der Waals surface area contributed by atoms with Crippen molar-refractivity contribution in [1.29, 1.82) is 0 Å². The lowest BCUT2D eigenvalue weighted by molar-refractivity contribution is 0.447. The van der Waals surface area contributed by atoms with Crippen LogP contribution in [-0.4, -0.2) is 44.4 Å². The highest BCUT2D eigenvalue weighted by Gasteiger charge is 2.12. The summed E-state index contributed by atoms with van der Waals surface area (Å²) in [5.74, 6) is 1.98. The molecular formula is C20H17N9O. The van der Waals surface area contributed by atoms with E-state index in [-0.39, 0.29) is 5.88 Å². The summed E-state index contributed by atoms with van der Waals surface area (Å²) in [6, 6.07) is 11.1. The molecule has 0 aliphatic carbocycles. The Bertz CT molecular complexity index is 1340. The van der Waals surface area contributed by atoms with Crippen LogP contribution in [0.3, 0.4) is 0 Å². The van der Waals surface area contributed by atoms with Crippen molar-refractivity contribution in [3.05, 3.63) is 72.6 Å². The van der Waals surface area contributed by atoms with Crippen molar-refractivity contribution in [2.24, 2.45) is 7.05 Å². The van der Waals surface area contributed by atoms with Gasteiger partial charge in [-0.05, 0) is 24.3 Å². The second-order valence-electron chi connectivity index (χ2n) is 6.65. The molecule has 10 nitrogen and oxygen atoms in total. The van der Waals surface area contributed by atoms with Gasteiger partial charge in [-0.1, -0.05) is 6.07 Å². The van der Waals surface area contributed by atoms with Gasteiger partial charge in [0.05, 0.1) is 11.9 Å². The zero-order valence-corrected chi connectivity index (χ0v) is 16.0. The fraction of sp³-hybridized carbons (Fsp3) is 0.100. The van der Waals surface area contributed by atoms with E-state index in [1.165, 1.54) is 0 Å². The molecule has 5 rings (SSSR count). The number of aryl methyl sites for hydroxylation is 1. The molecule has 0 radical (unpaired) electrons. The zero-order chi connectivity index (χ0) is 20.5. The van der Waals surface area contributed by atoms with Crippen LogP contribution in [0.25, 0.3) is 16.9 Å². The lowest BCUT2D eigenvalue weighted by Crippen LogP contribution is -2.03. The molecule has 0 aliphatic heterocycles. The molecule has 2 N–H and O–H groups in total. The molecule has 0 aliphatic rings. The summed E-state index contributed by atoms with van der Waals surface area (Å²) < 4.78 is 3.59. The second kappa shape index (κ2) is 7.24. The van der Waals surface area contributed by atoms with Crippen LogP contribution in [0.1, 0.15) is 11.4 Å². The maximum Gasteiger partial charge on any atom is 0.228 e. The third-order valence-electron chi connectivity index (χ3n) is 4.71. The molecule has 0 saturated heterocycles. The van der Waals surface area contributed by atoms with Gasteiger partial charge in [-0.3, -0.25) is 9.08 Å². The largest absolute Gasteiger partial charge is 0.493 e. The first-order valence-corrected chi connectivity index (χ1v) is 9.22. The number of aromatic nitrogens is 8. The maximum absolute atomic E-state index is 9.92. The number of anilines is 2. The predicted octanol–water partition coefficient (Wildman–Crippen LogP) is 2.35. The highest BCUT2D eigenvalue weighted by molar-refractivity contribution is 5.65. The number of hydrogen-bond acceptors (Lipinski definition) is 8. The number of rotatable bonds is 5. The summed E-state index contributed by atoms with van der Waals surface area (Å²) >= 11 is 0. The molecule has 0 bridgehead atoms. The van der Waals surface area contributed by atoms with Gasteiger partial charge in [0.1, 0.15) is 11.6 Å². The molecule has 5 aromatic heterocycles. The van der Waals surface area contributed by atoms with Crippen LogP contribution >= 0.6 is 0 Å². The van der Waals surface area contributed by atoms with Crippen LogP contribution in [-0.2, 0) is 13.5 Å². The van der Waals surface area contributed by atoms with Crippen molar-refractivity contribution in [3.8, 4) is 17.1 Å². The number of hydrogen-bond donors (Lipinski definition) is 2. The molecule has 148 valence electrons. The summed E-state index contributed by atoms with van der Waals surface area (Å²) in [6.07, 6.45) is 7.27. The number of fused-ring (bicyclic) bond motifs is 1. The number of nitrogens with one attached hydrogen (secondary N) is 1. The summed E-state index contributed by atoms with van der Waals surface area (Å²) in [6.45, 7) is 0. The molecule has 0 fully saturated rings. The minimum atomic E-state index is 0.000285. The standard InChI is InChI=1S/C20H17N9O/c1-28-16(5-9-23-28)25-20-22-8-4-15(24-20)13-6-10-29-17(11-13)26-27-18(29)12-14-3-2-7-21-19(14)30/h2-11H,12H2,1H3,(H,21,30)(H,22,24,25). The van der Waals surface area contributed by atoms with Crippen molar-refractivity contribution in [2.45, 2.75) is 6.42 Å². The first-order chi connectivity index (χ1) is 14.7. The minimum Gasteiger partial charge on any atom is -0.493 e. The van der Waals surface area contributed by atoms with E-state index < -0.39 is 0 Å². The second-order valence-corrected chi connectivity index (χ2v) is 6.65. The monoisotopic (exact) mass is 399 g/mol. The summed E-state index contributed by atoms with van der Waals surface area (Å²) in [5, 5.41) is 25.7. The molecule has 5 heterocycles. The Morgan fingerprint density at radius 3 is 2.80 bits per heavy atom. The van der Waals surface area contributed by atoms with E-state index in [0.29, 0.717) is 29.4 Å². The van der Waals surface area contributed by atoms with Crippen molar-refractivity contribution in [2.75, 3.05) is 5.32 Å². The molecule has 0 amide bonds. The Kier molecular flexibility index (Phi) is 4.28. The fourth-order valence-electron chi connectivity index (χ4n) is 3.15. The van der Waals surface area contributed by atoms with Gasteiger partial charge >= 0.3 is 0 Å². The highest BCUT2D eigenvalue weighted by atomic mass is 16.3. The maximum atomic E-state index is 9.92. The van der Waals surface area contributed by atoms with Crippen LogP contribution < -0.4 is 5.32 Å². The molecule has 0 spiro atoms. The first kappa shape index (κ1) is 17.7. The zero-order valence-electron chi connectivity index (χ0n) is 16.0. The van der Waals surface area contributed by atoms with Gasteiger partial charge in [0, 0.05) is 49.3 Å². The molecule has 0 saturated carbocycles. The number of aromatic hydroxyl groups is 1. The molecule has 10 heteroatoms. The summed E-state index contributed by atoms with van der Waals surface area (Å²) in [7, 11) is 1.84. The van der Waals surface area contributed by atoms with Crippen molar-refractivity contribution < 1.29 is 5.11 Å². The smallest absolute Gasteiger partial charge is 0.228 e. The molecule has 0 unspecified atom stereocenters.